The molecule has 1 amide bonds. The summed E-state index contributed by atoms with van der Waals surface area (Å²) in [7, 11) is 0. The average molecular weight is 353 g/mol. The number of nitrogens with zero attached hydrogens (tertiary/aromatic N) is 1. The van der Waals surface area contributed by atoms with Crippen LogP contribution in [0.1, 0.15) is 25.5 Å². The van der Waals surface area contributed by atoms with E-state index in [4.69, 9.17) is 23.2 Å². The fraction of sp³-hybridized carbons (Fsp3) is 0.294. The molecule has 23 heavy (non-hydrogen) atoms. The molecule has 0 saturated heterocycles. The smallest absolute Gasteiger partial charge is 0.280 e. The van der Waals surface area contributed by atoms with Crippen LogP contribution in [0.15, 0.2) is 42.6 Å². The number of hydrogen-bond acceptors (Lipinski definition) is 2. The molecule has 2 rings (SSSR count). The minimum absolute atomic E-state index is 0.150. The molecule has 6 heteroatoms. The van der Waals surface area contributed by atoms with Crippen LogP contribution >= 0.6 is 23.2 Å². The molecule has 0 fully saturated rings. The first-order chi connectivity index (χ1) is 11.0. The van der Waals surface area contributed by atoms with Gasteiger partial charge in [0.25, 0.3) is 5.91 Å². The molecule has 0 aliphatic carbocycles. The van der Waals surface area contributed by atoms with E-state index >= 15 is 0 Å². The molecule has 1 aromatic carbocycles. The number of benzene rings is 1. The Kier molecular flexibility index (Phi) is 6.39. The van der Waals surface area contributed by atoms with Crippen LogP contribution < -0.4 is 10.6 Å². The molecule has 2 aromatic rings. The van der Waals surface area contributed by atoms with Crippen LogP contribution in [-0.4, -0.2) is 17.4 Å². The van der Waals surface area contributed by atoms with E-state index in [1.807, 2.05) is 23.5 Å². The first-order valence-electron chi connectivity index (χ1n) is 7.46. The highest BCUT2D eigenvalue weighted by atomic mass is 35.5. The molecule has 0 bridgehead atoms. The predicted molar refractivity (Wildman–Crippen MR) is 93.7 cm³/mol. The van der Waals surface area contributed by atoms with Crippen molar-refractivity contribution < 1.29 is 10.1 Å². The van der Waals surface area contributed by atoms with Gasteiger partial charge in [-0.25, -0.2) is 4.98 Å². The monoisotopic (exact) mass is 352 g/mol. The number of anilines is 1. The van der Waals surface area contributed by atoms with Crippen molar-refractivity contribution in [3.63, 3.8) is 0 Å². The molecule has 0 unspecified atom stereocenters. The lowest BCUT2D eigenvalue weighted by Gasteiger charge is -2.19. The third kappa shape index (κ3) is 5.20. The largest absolute Gasteiger partial charge is 0.332 e. The molecule has 0 aliphatic heterocycles. The lowest BCUT2D eigenvalue weighted by atomic mass is 9.96. The van der Waals surface area contributed by atoms with Crippen LogP contribution in [0, 0.1) is 5.92 Å². The summed E-state index contributed by atoms with van der Waals surface area (Å²) in [6, 6.07) is 11.9. The third-order valence-electron chi connectivity index (χ3n) is 3.53. The van der Waals surface area contributed by atoms with Gasteiger partial charge in [-0.3, -0.25) is 4.79 Å². The molecule has 1 atom stereocenters. The van der Waals surface area contributed by atoms with Crippen LogP contribution in [0.5, 0.6) is 0 Å². The van der Waals surface area contributed by atoms with Crippen LogP contribution in [-0.2, 0) is 4.79 Å². The van der Waals surface area contributed by atoms with E-state index in [0.717, 1.165) is 0 Å². The Bertz CT molecular complexity index is 662. The molecule has 0 spiro atoms. The summed E-state index contributed by atoms with van der Waals surface area (Å²) in [5.41, 5.74) is 1.21. The van der Waals surface area contributed by atoms with Crippen molar-refractivity contribution in [2.45, 2.75) is 19.9 Å². The summed E-state index contributed by atoms with van der Waals surface area (Å²) < 4.78 is 0. The number of halogens is 2. The summed E-state index contributed by atoms with van der Waals surface area (Å²) >= 11 is 11.8. The Balaban J connectivity index is 1.97. The highest BCUT2D eigenvalue weighted by Crippen LogP contribution is 2.22. The van der Waals surface area contributed by atoms with E-state index in [1.165, 1.54) is 11.8 Å². The van der Waals surface area contributed by atoms with Crippen molar-refractivity contribution in [3.8, 4) is 0 Å². The van der Waals surface area contributed by atoms with Gasteiger partial charge in [-0.2, -0.15) is 0 Å². The number of pyridine rings is 1. The first kappa shape index (κ1) is 17.7. The number of quaternary nitrogens is 1. The summed E-state index contributed by atoms with van der Waals surface area (Å²) in [4.78, 5) is 16.2. The van der Waals surface area contributed by atoms with E-state index in [9.17, 15) is 4.79 Å². The normalized spacial score (nSPS) is 12.2. The number of aromatic nitrogens is 1. The molecular formula is C17H20Cl2N3O+. The van der Waals surface area contributed by atoms with Gasteiger partial charge in [0.05, 0.1) is 10.0 Å². The Labute approximate surface area is 146 Å². The SMILES string of the molecule is CC(C)[C@@H]([NH2+]CC(=O)Nc1ncc(Cl)cc1Cl)c1ccccc1. The fourth-order valence-electron chi connectivity index (χ4n) is 2.39. The first-order valence-corrected chi connectivity index (χ1v) is 8.22. The van der Waals surface area contributed by atoms with E-state index in [0.29, 0.717) is 28.3 Å². The molecule has 1 heterocycles. The van der Waals surface area contributed by atoms with Crippen LogP contribution in [0.25, 0.3) is 0 Å². The van der Waals surface area contributed by atoms with Crippen molar-refractivity contribution in [2.75, 3.05) is 11.9 Å². The number of amides is 1. The zero-order chi connectivity index (χ0) is 16.8. The molecular weight excluding hydrogens is 333 g/mol. The van der Waals surface area contributed by atoms with E-state index < -0.39 is 0 Å². The van der Waals surface area contributed by atoms with Crippen molar-refractivity contribution >= 4 is 34.9 Å². The number of carbonyl (C=O) groups is 1. The molecule has 0 saturated carbocycles. The summed E-state index contributed by atoms with van der Waals surface area (Å²) in [5.74, 6) is 0.584. The Hall–Kier alpha value is -1.62. The highest BCUT2D eigenvalue weighted by molar-refractivity contribution is 6.36. The number of rotatable bonds is 6. The fourth-order valence-corrected chi connectivity index (χ4v) is 2.82. The standard InChI is InChI=1S/C17H19Cl2N3O/c1-11(2)16(12-6-4-3-5-7-12)20-10-15(23)22-17-14(19)8-13(18)9-21-17/h3-9,11,16,20H,10H2,1-2H3,(H,21,22,23)/p+1/t16-/m1/s1. The van der Waals surface area contributed by atoms with Crippen LogP contribution in [0.3, 0.4) is 0 Å². The second kappa shape index (κ2) is 8.29. The van der Waals surface area contributed by atoms with Gasteiger partial charge in [0.1, 0.15) is 6.04 Å². The van der Waals surface area contributed by atoms with Gasteiger partial charge in [0.15, 0.2) is 12.4 Å². The number of carbonyl (C=O) groups excluding carboxylic acids is 1. The van der Waals surface area contributed by atoms with Gasteiger partial charge in [0, 0.05) is 17.7 Å². The molecule has 4 nitrogen and oxygen atoms in total. The second-order valence-corrected chi connectivity index (χ2v) is 6.50. The van der Waals surface area contributed by atoms with Gasteiger partial charge < -0.3 is 10.6 Å². The van der Waals surface area contributed by atoms with Crippen molar-refractivity contribution in [1.29, 1.82) is 0 Å². The Morgan fingerprint density at radius 1 is 1.26 bits per heavy atom. The minimum atomic E-state index is -0.150. The van der Waals surface area contributed by atoms with Crippen molar-refractivity contribution in [1.82, 2.24) is 4.98 Å². The highest BCUT2D eigenvalue weighted by Gasteiger charge is 2.20. The van der Waals surface area contributed by atoms with Crippen molar-refractivity contribution in [3.05, 3.63) is 58.2 Å². The minimum Gasteiger partial charge on any atom is -0.332 e. The third-order valence-corrected chi connectivity index (χ3v) is 4.02. The van der Waals surface area contributed by atoms with E-state index in [1.54, 1.807) is 6.07 Å². The maximum absolute atomic E-state index is 12.1. The zero-order valence-electron chi connectivity index (χ0n) is 13.1. The maximum Gasteiger partial charge on any atom is 0.280 e. The predicted octanol–water partition coefficient (Wildman–Crippen LogP) is 3.29. The molecule has 3 N–H and O–H groups in total. The molecule has 122 valence electrons. The number of nitrogens with two attached hydrogens (primary N) is 1. The van der Waals surface area contributed by atoms with Crippen molar-refractivity contribution in [2.24, 2.45) is 5.92 Å². The molecule has 0 radical (unpaired) electrons. The van der Waals surface area contributed by atoms with Crippen LogP contribution in [0.2, 0.25) is 10.0 Å². The van der Waals surface area contributed by atoms with Gasteiger partial charge in [0.2, 0.25) is 0 Å². The van der Waals surface area contributed by atoms with Gasteiger partial charge >= 0.3 is 0 Å². The average Bonchev–Trinajstić information content (AvgIpc) is 2.51. The summed E-state index contributed by atoms with van der Waals surface area (Å²) in [5, 5.41) is 5.50. The van der Waals surface area contributed by atoms with E-state index in [-0.39, 0.29) is 11.9 Å². The Morgan fingerprint density at radius 2 is 1.96 bits per heavy atom. The second-order valence-electron chi connectivity index (χ2n) is 5.65. The number of hydrogen-bond donors (Lipinski definition) is 2. The lowest BCUT2D eigenvalue weighted by molar-refractivity contribution is -0.692. The quantitative estimate of drug-likeness (QED) is 0.837. The zero-order valence-corrected chi connectivity index (χ0v) is 14.6. The Morgan fingerprint density at radius 3 is 2.57 bits per heavy atom. The van der Waals surface area contributed by atoms with E-state index in [2.05, 4.69) is 36.3 Å². The maximum atomic E-state index is 12.1. The summed E-state index contributed by atoms with van der Waals surface area (Å²) in [6.45, 7) is 4.58. The molecule has 1 aromatic heterocycles. The number of nitrogens with one attached hydrogen (secondary N) is 1. The topological polar surface area (TPSA) is 58.6 Å². The van der Waals surface area contributed by atoms with Gasteiger partial charge in [-0.05, 0) is 6.07 Å². The molecule has 0 aliphatic rings. The van der Waals surface area contributed by atoms with Gasteiger partial charge in [-0.15, -0.1) is 0 Å². The van der Waals surface area contributed by atoms with Gasteiger partial charge in [-0.1, -0.05) is 67.4 Å². The lowest BCUT2D eigenvalue weighted by Crippen LogP contribution is -2.88. The van der Waals surface area contributed by atoms with Crippen LogP contribution in [0.4, 0.5) is 5.82 Å². The summed E-state index contributed by atoms with van der Waals surface area (Å²) in [6.07, 6.45) is 1.45.